The molecule has 0 spiro atoms. The van der Waals surface area contributed by atoms with Crippen LogP contribution in [0.1, 0.15) is 73.1 Å². The third-order valence-corrected chi connectivity index (χ3v) is 3.51. The van der Waals surface area contributed by atoms with Crippen molar-refractivity contribution >= 4 is 6.29 Å². The number of rotatable bonds is 10. The third-order valence-electron chi connectivity index (χ3n) is 3.51. The van der Waals surface area contributed by atoms with Gasteiger partial charge in [-0.3, -0.25) is 4.79 Å². The highest BCUT2D eigenvalue weighted by molar-refractivity contribution is 5.65. The van der Waals surface area contributed by atoms with Crippen LogP contribution in [0.5, 0.6) is 0 Å². The Balaban J connectivity index is 3.96. The molecular weight excluding hydrogens is 256 g/mol. The normalized spacial score (nSPS) is 13.3. The van der Waals surface area contributed by atoms with E-state index in [1.54, 1.807) is 6.08 Å². The lowest BCUT2D eigenvalue weighted by Crippen LogP contribution is -1.82. The van der Waals surface area contributed by atoms with Gasteiger partial charge in [0.25, 0.3) is 0 Å². The van der Waals surface area contributed by atoms with Crippen LogP contribution in [-0.4, -0.2) is 6.29 Å². The molecule has 0 saturated heterocycles. The molecule has 1 nitrogen and oxygen atoms in total. The van der Waals surface area contributed by atoms with Gasteiger partial charge in [-0.15, -0.1) is 0 Å². The summed E-state index contributed by atoms with van der Waals surface area (Å²) in [6.07, 6.45) is 16.1. The second-order valence-electron chi connectivity index (χ2n) is 6.15. The van der Waals surface area contributed by atoms with E-state index in [1.165, 1.54) is 23.1 Å². The van der Waals surface area contributed by atoms with Crippen molar-refractivity contribution in [2.24, 2.45) is 0 Å². The molecule has 0 heterocycles. The van der Waals surface area contributed by atoms with Crippen LogP contribution < -0.4 is 0 Å². The molecule has 0 bridgehead atoms. The molecule has 21 heavy (non-hydrogen) atoms. The van der Waals surface area contributed by atoms with E-state index in [9.17, 15) is 4.79 Å². The molecule has 0 fully saturated rings. The van der Waals surface area contributed by atoms with E-state index in [2.05, 4.69) is 45.9 Å². The molecular formula is C20H32O. The molecule has 0 saturated carbocycles. The summed E-state index contributed by atoms with van der Waals surface area (Å²) < 4.78 is 0. The van der Waals surface area contributed by atoms with Crippen LogP contribution in [0.25, 0.3) is 0 Å². The third kappa shape index (κ3) is 13.4. The molecule has 0 aliphatic rings. The predicted molar refractivity (Wildman–Crippen MR) is 94.5 cm³/mol. The summed E-state index contributed by atoms with van der Waals surface area (Å²) in [4.78, 5) is 10.3. The molecule has 0 aromatic carbocycles. The van der Waals surface area contributed by atoms with Gasteiger partial charge in [-0.25, -0.2) is 0 Å². The van der Waals surface area contributed by atoms with Crippen molar-refractivity contribution in [1.29, 1.82) is 0 Å². The van der Waals surface area contributed by atoms with E-state index in [-0.39, 0.29) is 0 Å². The summed E-state index contributed by atoms with van der Waals surface area (Å²) in [5, 5.41) is 0. The largest absolute Gasteiger partial charge is 0.299 e. The van der Waals surface area contributed by atoms with E-state index in [4.69, 9.17) is 0 Å². The summed E-state index contributed by atoms with van der Waals surface area (Å²) in [5.41, 5.74) is 5.50. The van der Waals surface area contributed by atoms with Gasteiger partial charge in [-0.2, -0.15) is 0 Å². The first-order chi connectivity index (χ1) is 9.95. The van der Waals surface area contributed by atoms with Crippen molar-refractivity contribution in [1.82, 2.24) is 0 Å². The van der Waals surface area contributed by atoms with E-state index in [1.807, 2.05) is 6.92 Å². The van der Waals surface area contributed by atoms with Crippen LogP contribution >= 0.6 is 0 Å². The smallest absolute Gasteiger partial charge is 0.142 e. The summed E-state index contributed by atoms with van der Waals surface area (Å²) in [6, 6.07) is 0. The van der Waals surface area contributed by atoms with Gasteiger partial charge in [-0.1, -0.05) is 40.5 Å². The molecule has 0 atom stereocenters. The minimum Gasteiger partial charge on any atom is -0.299 e. The van der Waals surface area contributed by atoms with Crippen molar-refractivity contribution in [3.63, 3.8) is 0 Å². The fourth-order valence-corrected chi connectivity index (χ4v) is 2.08. The van der Waals surface area contributed by atoms with Crippen LogP contribution in [0.2, 0.25) is 0 Å². The van der Waals surface area contributed by atoms with Crippen molar-refractivity contribution in [2.75, 3.05) is 0 Å². The van der Waals surface area contributed by atoms with Crippen molar-refractivity contribution in [3.8, 4) is 0 Å². The first-order valence-electron chi connectivity index (χ1n) is 8.01. The molecule has 0 unspecified atom stereocenters. The van der Waals surface area contributed by atoms with E-state index in [0.717, 1.165) is 44.0 Å². The lowest BCUT2D eigenvalue weighted by Gasteiger charge is -2.02. The van der Waals surface area contributed by atoms with Crippen molar-refractivity contribution in [2.45, 2.75) is 73.1 Å². The number of aldehydes is 1. The summed E-state index contributed by atoms with van der Waals surface area (Å²) >= 11 is 0. The molecule has 0 aromatic heterocycles. The first kappa shape index (κ1) is 19.6. The van der Waals surface area contributed by atoms with Gasteiger partial charge in [-0.05, 0) is 79.2 Å². The second-order valence-corrected chi connectivity index (χ2v) is 6.15. The van der Waals surface area contributed by atoms with Gasteiger partial charge in [0.15, 0.2) is 0 Å². The number of hydrogen-bond acceptors (Lipinski definition) is 1. The van der Waals surface area contributed by atoms with E-state index < -0.39 is 0 Å². The lowest BCUT2D eigenvalue weighted by molar-refractivity contribution is -0.104. The van der Waals surface area contributed by atoms with Gasteiger partial charge in [0.1, 0.15) is 6.29 Å². The maximum absolute atomic E-state index is 10.3. The maximum atomic E-state index is 10.3. The minimum absolute atomic E-state index is 0.870. The maximum Gasteiger partial charge on any atom is 0.142 e. The Bertz CT molecular complexity index is 415. The van der Waals surface area contributed by atoms with Crippen molar-refractivity contribution < 1.29 is 4.79 Å². The highest BCUT2D eigenvalue weighted by Gasteiger charge is 1.93. The zero-order valence-corrected chi connectivity index (χ0v) is 14.5. The Kier molecular flexibility index (Phi) is 11.6. The predicted octanol–water partition coefficient (Wildman–Crippen LogP) is 6.33. The topological polar surface area (TPSA) is 17.1 Å². The average Bonchev–Trinajstić information content (AvgIpc) is 2.38. The Labute approximate surface area is 131 Å². The fraction of sp³-hybridized carbons (Fsp3) is 0.550. The zero-order valence-electron chi connectivity index (χ0n) is 14.5. The van der Waals surface area contributed by atoms with Crippen LogP contribution in [-0.2, 0) is 4.79 Å². The molecule has 118 valence electrons. The highest BCUT2D eigenvalue weighted by atomic mass is 16.1. The molecule has 0 aliphatic carbocycles. The summed E-state index contributed by atoms with van der Waals surface area (Å²) in [6.45, 7) is 10.7. The average molecular weight is 288 g/mol. The number of allylic oxidation sites excluding steroid dienone is 8. The van der Waals surface area contributed by atoms with Gasteiger partial charge in [0, 0.05) is 0 Å². The molecule has 0 amide bonds. The Morgan fingerprint density at radius 2 is 1.10 bits per heavy atom. The quantitative estimate of drug-likeness (QED) is 0.261. The molecule has 0 radical (unpaired) electrons. The standard InChI is InChI=1S/C20H32O/c1-17(2)9-6-10-18(3)11-7-12-19(4)13-8-14-20(5)15-16-21/h9,11,13,15-16H,6-8,10,12,14H2,1-5H3/b18-11+,19-13+,20-15-. The van der Waals surface area contributed by atoms with Crippen molar-refractivity contribution in [3.05, 3.63) is 46.6 Å². The highest BCUT2D eigenvalue weighted by Crippen LogP contribution is 2.13. The SMILES string of the molecule is CC(C)=CCC/C(C)=C/CC/C(C)=C/CC/C(C)=C\C=O. The first-order valence-corrected chi connectivity index (χ1v) is 8.01. The van der Waals surface area contributed by atoms with Gasteiger partial charge in [0.05, 0.1) is 0 Å². The number of carbonyl (C=O) groups excluding carboxylic acids is 1. The molecule has 0 aromatic rings. The number of hydrogen-bond donors (Lipinski definition) is 0. The van der Waals surface area contributed by atoms with Crippen LogP contribution in [0.15, 0.2) is 46.6 Å². The zero-order chi connectivity index (χ0) is 16.1. The summed E-state index contributed by atoms with van der Waals surface area (Å²) in [5.74, 6) is 0. The van der Waals surface area contributed by atoms with Gasteiger partial charge in [0.2, 0.25) is 0 Å². The van der Waals surface area contributed by atoms with Gasteiger partial charge >= 0.3 is 0 Å². The minimum atomic E-state index is 0.870. The monoisotopic (exact) mass is 288 g/mol. The molecule has 1 heteroatoms. The second kappa shape index (κ2) is 12.4. The van der Waals surface area contributed by atoms with E-state index >= 15 is 0 Å². The Hall–Kier alpha value is -1.37. The van der Waals surface area contributed by atoms with Crippen LogP contribution in [0.4, 0.5) is 0 Å². The number of carbonyl (C=O) groups is 1. The van der Waals surface area contributed by atoms with Crippen LogP contribution in [0, 0.1) is 0 Å². The Morgan fingerprint density at radius 3 is 1.52 bits per heavy atom. The van der Waals surface area contributed by atoms with Gasteiger partial charge < -0.3 is 0 Å². The lowest BCUT2D eigenvalue weighted by atomic mass is 10.0. The summed E-state index contributed by atoms with van der Waals surface area (Å²) in [7, 11) is 0. The Morgan fingerprint density at radius 1 is 0.667 bits per heavy atom. The van der Waals surface area contributed by atoms with Crippen LogP contribution in [0.3, 0.4) is 0 Å². The fourth-order valence-electron chi connectivity index (χ4n) is 2.08. The van der Waals surface area contributed by atoms with E-state index in [0.29, 0.717) is 0 Å². The molecule has 0 aliphatic heterocycles. The molecule has 0 N–H and O–H groups in total. The molecule has 0 rings (SSSR count).